The summed E-state index contributed by atoms with van der Waals surface area (Å²) in [5.41, 5.74) is 0. The number of carbonyl (C=O) groups is 2. The fraction of sp³-hybridized carbons (Fsp3) is 0.919. The molecule has 0 heterocycles. The minimum absolute atomic E-state index is 0.0231. The van der Waals surface area contributed by atoms with E-state index in [4.69, 9.17) is 4.74 Å². The maximum atomic E-state index is 12.5. The Morgan fingerprint density at radius 1 is 0.338 bits per heavy atom. The van der Waals surface area contributed by atoms with Crippen LogP contribution in [0.4, 0.5) is 0 Å². The lowest BCUT2D eigenvalue weighted by atomic mass is 10.0. The molecular weight excluding hydrogens is 983 g/mol. The highest BCUT2D eigenvalue weighted by Crippen LogP contribution is 2.19. The molecule has 0 spiro atoms. The Hall–Kier alpha value is -1.66. The van der Waals surface area contributed by atoms with Gasteiger partial charge in [-0.1, -0.05) is 366 Å². The molecule has 0 saturated carbocycles. The smallest absolute Gasteiger partial charge is 0.305 e. The molecule has 6 heteroatoms. The number of rotatable bonds is 69. The van der Waals surface area contributed by atoms with Crippen LogP contribution in [0.5, 0.6) is 0 Å². The Kier molecular flexibility index (Phi) is 68.4. The molecule has 0 aromatic rings. The Morgan fingerprint density at radius 2 is 0.588 bits per heavy atom. The van der Waals surface area contributed by atoms with E-state index in [9.17, 15) is 19.8 Å². The molecule has 80 heavy (non-hydrogen) atoms. The molecule has 474 valence electrons. The first kappa shape index (κ1) is 78.3. The SMILES string of the molecule is CCCCCCCCCCCCC/C=C/C(O)C(CO)NC(=O)CCCCCCCCCCCCCCCCCC/C=C\CCCCCCCCCCCCCCOC(=O)CCCCCCCCCCCCCCCCCCCC. The molecule has 0 rings (SSSR count). The molecule has 0 aliphatic rings. The van der Waals surface area contributed by atoms with Crippen molar-refractivity contribution >= 4 is 11.9 Å². The summed E-state index contributed by atoms with van der Waals surface area (Å²) in [6, 6.07) is -0.625. The van der Waals surface area contributed by atoms with Gasteiger partial charge in [-0.3, -0.25) is 9.59 Å². The van der Waals surface area contributed by atoms with Crippen molar-refractivity contribution in [2.45, 2.75) is 424 Å². The molecule has 1 amide bonds. The number of nitrogens with one attached hydrogen (secondary N) is 1. The number of unbranched alkanes of at least 4 members (excludes halogenated alkanes) is 56. The lowest BCUT2D eigenvalue weighted by molar-refractivity contribution is -0.143. The largest absolute Gasteiger partial charge is 0.466 e. The summed E-state index contributed by atoms with van der Waals surface area (Å²) in [6.07, 6.45) is 88.5. The van der Waals surface area contributed by atoms with Crippen molar-refractivity contribution in [3.05, 3.63) is 24.3 Å². The Balaban J connectivity index is 3.33. The van der Waals surface area contributed by atoms with Crippen molar-refractivity contribution in [1.29, 1.82) is 0 Å². The molecule has 0 bridgehead atoms. The van der Waals surface area contributed by atoms with E-state index in [0.29, 0.717) is 19.4 Å². The number of aliphatic hydroxyl groups is 2. The summed E-state index contributed by atoms with van der Waals surface area (Å²) in [5.74, 6) is -0.0406. The molecule has 0 aliphatic heterocycles. The molecule has 2 atom stereocenters. The van der Waals surface area contributed by atoms with Crippen LogP contribution >= 0.6 is 0 Å². The summed E-state index contributed by atoms with van der Waals surface area (Å²) in [5, 5.41) is 23.1. The van der Waals surface area contributed by atoms with Crippen LogP contribution in [-0.2, 0) is 14.3 Å². The van der Waals surface area contributed by atoms with Crippen molar-refractivity contribution in [1.82, 2.24) is 5.32 Å². The lowest BCUT2D eigenvalue weighted by Crippen LogP contribution is -2.45. The number of carbonyl (C=O) groups excluding carboxylic acids is 2. The molecule has 6 nitrogen and oxygen atoms in total. The van der Waals surface area contributed by atoms with Crippen LogP contribution in [0.3, 0.4) is 0 Å². The third-order valence-electron chi connectivity index (χ3n) is 17.2. The van der Waals surface area contributed by atoms with Crippen molar-refractivity contribution in [3.8, 4) is 0 Å². The van der Waals surface area contributed by atoms with E-state index < -0.39 is 12.1 Å². The summed E-state index contributed by atoms with van der Waals surface area (Å²) >= 11 is 0. The highest BCUT2D eigenvalue weighted by molar-refractivity contribution is 5.76. The van der Waals surface area contributed by atoms with Crippen LogP contribution in [0.25, 0.3) is 0 Å². The average molecular weight is 1130 g/mol. The molecule has 0 fully saturated rings. The third-order valence-corrected chi connectivity index (χ3v) is 17.2. The Morgan fingerprint density at radius 3 is 0.887 bits per heavy atom. The van der Waals surface area contributed by atoms with Gasteiger partial charge in [0.1, 0.15) is 0 Å². The number of hydrogen-bond donors (Lipinski definition) is 3. The van der Waals surface area contributed by atoms with Crippen LogP contribution in [0, 0.1) is 0 Å². The highest BCUT2D eigenvalue weighted by Gasteiger charge is 2.18. The number of hydrogen-bond acceptors (Lipinski definition) is 5. The van der Waals surface area contributed by atoms with Crippen molar-refractivity contribution < 1.29 is 24.5 Å². The van der Waals surface area contributed by atoms with Crippen LogP contribution in [-0.4, -0.2) is 47.4 Å². The van der Waals surface area contributed by atoms with Crippen LogP contribution in [0.2, 0.25) is 0 Å². The Labute approximate surface area is 501 Å². The standard InChI is InChI=1S/C74H143NO5/c1-3-5-7-9-11-13-15-17-18-19-37-40-44-48-52-56-60-64-68-74(79)80-69-65-61-57-53-49-45-41-38-35-33-31-29-27-25-23-21-20-22-24-26-28-30-32-34-36-39-43-47-51-55-59-63-67-73(78)75-71(70-76)72(77)66-62-58-54-50-46-42-16-14-12-10-8-6-4-2/h23,25,62,66,71-72,76-77H,3-22,24,26-61,63-65,67-70H2,1-2H3,(H,75,78)/b25-23-,66-62+. The molecular formula is C74H143NO5. The minimum atomic E-state index is -0.841. The van der Waals surface area contributed by atoms with Crippen LogP contribution in [0.1, 0.15) is 412 Å². The number of esters is 1. The van der Waals surface area contributed by atoms with Gasteiger partial charge in [-0.05, 0) is 57.8 Å². The van der Waals surface area contributed by atoms with E-state index >= 15 is 0 Å². The quantitative estimate of drug-likeness (QED) is 0.0320. The van der Waals surface area contributed by atoms with Crippen molar-refractivity contribution in [2.75, 3.05) is 13.2 Å². The van der Waals surface area contributed by atoms with E-state index in [-0.39, 0.29) is 18.5 Å². The maximum absolute atomic E-state index is 12.5. The normalized spacial score (nSPS) is 12.6. The highest BCUT2D eigenvalue weighted by atomic mass is 16.5. The fourth-order valence-electron chi connectivity index (χ4n) is 11.6. The molecule has 0 aromatic carbocycles. The minimum Gasteiger partial charge on any atom is -0.466 e. The summed E-state index contributed by atoms with van der Waals surface area (Å²) < 4.78 is 5.51. The number of allylic oxidation sites excluding steroid dienone is 3. The fourth-order valence-corrected chi connectivity index (χ4v) is 11.6. The second kappa shape index (κ2) is 69.8. The number of ether oxygens (including phenoxy) is 1. The topological polar surface area (TPSA) is 95.9 Å². The van der Waals surface area contributed by atoms with Gasteiger partial charge in [0.05, 0.1) is 25.4 Å². The molecule has 0 saturated heterocycles. The van der Waals surface area contributed by atoms with Gasteiger partial charge in [0.2, 0.25) is 5.91 Å². The van der Waals surface area contributed by atoms with Gasteiger partial charge < -0.3 is 20.3 Å². The predicted molar refractivity (Wildman–Crippen MR) is 352 cm³/mol. The van der Waals surface area contributed by atoms with Crippen LogP contribution < -0.4 is 5.32 Å². The lowest BCUT2D eigenvalue weighted by Gasteiger charge is -2.20. The molecule has 0 radical (unpaired) electrons. The zero-order chi connectivity index (χ0) is 57.8. The van der Waals surface area contributed by atoms with E-state index in [1.165, 1.54) is 347 Å². The van der Waals surface area contributed by atoms with Crippen molar-refractivity contribution in [3.63, 3.8) is 0 Å². The molecule has 0 aromatic heterocycles. The Bertz CT molecular complexity index is 1250. The zero-order valence-corrected chi connectivity index (χ0v) is 54.3. The van der Waals surface area contributed by atoms with E-state index in [1.807, 2.05) is 6.08 Å². The van der Waals surface area contributed by atoms with E-state index in [0.717, 1.165) is 38.5 Å². The molecule has 0 aliphatic carbocycles. The van der Waals surface area contributed by atoms with Gasteiger partial charge in [0, 0.05) is 12.8 Å². The predicted octanol–water partition coefficient (Wildman–Crippen LogP) is 23.7. The molecule has 2 unspecified atom stereocenters. The van der Waals surface area contributed by atoms with Gasteiger partial charge in [-0.15, -0.1) is 0 Å². The van der Waals surface area contributed by atoms with Gasteiger partial charge >= 0.3 is 5.97 Å². The second-order valence-corrected chi connectivity index (χ2v) is 25.3. The summed E-state index contributed by atoms with van der Waals surface area (Å²) in [7, 11) is 0. The number of amides is 1. The molecule has 3 N–H and O–H groups in total. The summed E-state index contributed by atoms with van der Waals surface area (Å²) in [6.45, 7) is 4.94. The van der Waals surface area contributed by atoms with Crippen molar-refractivity contribution in [2.24, 2.45) is 0 Å². The van der Waals surface area contributed by atoms with Gasteiger partial charge in [0.15, 0.2) is 0 Å². The van der Waals surface area contributed by atoms with E-state index in [2.05, 4.69) is 31.3 Å². The zero-order valence-electron chi connectivity index (χ0n) is 54.3. The first-order valence-corrected chi connectivity index (χ1v) is 36.6. The van der Waals surface area contributed by atoms with Gasteiger partial charge in [-0.25, -0.2) is 0 Å². The first-order valence-electron chi connectivity index (χ1n) is 36.6. The number of aliphatic hydroxyl groups excluding tert-OH is 2. The van der Waals surface area contributed by atoms with Crippen LogP contribution in [0.15, 0.2) is 24.3 Å². The maximum Gasteiger partial charge on any atom is 0.305 e. The monoisotopic (exact) mass is 1130 g/mol. The first-order chi connectivity index (χ1) is 39.5. The van der Waals surface area contributed by atoms with E-state index in [1.54, 1.807) is 6.08 Å². The summed E-state index contributed by atoms with van der Waals surface area (Å²) in [4.78, 5) is 24.6. The second-order valence-electron chi connectivity index (χ2n) is 25.3. The van der Waals surface area contributed by atoms with Gasteiger partial charge in [-0.2, -0.15) is 0 Å². The average Bonchev–Trinajstić information content (AvgIpc) is 3.46. The van der Waals surface area contributed by atoms with Gasteiger partial charge in [0.25, 0.3) is 0 Å². The third kappa shape index (κ3) is 65.5.